The van der Waals surface area contributed by atoms with Crippen LogP contribution in [0.1, 0.15) is 35.4 Å². The van der Waals surface area contributed by atoms with Gasteiger partial charge in [-0.05, 0) is 13.0 Å². The molecule has 0 spiro atoms. The van der Waals surface area contributed by atoms with E-state index in [9.17, 15) is 15.0 Å². The molecule has 0 radical (unpaired) electrons. The van der Waals surface area contributed by atoms with Crippen molar-refractivity contribution in [2.24, 2.45) is 0 Å². The SMILES string of the molecule is CC(=O)c1cncc(C(O)C(O)CC#N)c1. The molecule has 0 aliphatic carbocycles. The van der Waals surface area contributed by atoms with Gasteiger partial charge in [0.2, 0.25) is 0 Å². The van der Waals surface area contributed by atoms with E-state index in [1.54, 1.807) is 6.07 Å². The van der Waals surface area contributed by atoms with Crippen LogP contribution < -0.4 is 0 Å². The van der Waals surface area contributed by atoms with Crippen molar-refractivity contribution in [1.29, 1.82) is 5.26 Å². The maximum absolute atomic E-state index is 11.1. The predicted molar refractivity (Wildman–Crippen MR) is 55.4 cm³/mol. The van der Waals surface area contributed by atoms with Crippen molar-refractivity contribution in [3.05, 3.63) is 29.6 Å². The summed E-state index contributed by atoms with van der Waals surface area (Å²) in [5, 5.41) is 27.5. The average molecular weight is 220 g/mol. The number of pyridine rings is 1. The fourth-order valence-corrected chi connectivity index (χ4v) is 1.24. The largest absolute Gasteiger partial charge is 0.389 e. The molecule has 0 bridgehead atoms. The van der Waals surface area contributed by atoms with E-state index >= 15 is 0 Å². The third-order valence-electron chi connectivity index (χ3n) is 2.17. The summed E-state index contributed by atoms with van der Waals surface area (Å²) in [6.45, 7) is 1.39. The molecule has 5 heteroatoms. The number of rotatable bonds is 4. The van der Waals surface area contributed by atoms with Crippen LogP contribution in [0, 0.1) is 11.3 Å². The second-order valence-electron chi connectivity index (χ2n) is 3.44. The molecule has 0 aromatic carbocycles. The lowest BCUT2D eigenvalue weighted by Gasteiger charge is -2.15. The standard InChI is InChI=1S/C11H12N2O3/c1-7(14)8-4-9(6-13-5-8)11(16)10(15)2-3-12/h4-6,10-11,15-16H,2H2,1H3. The van der Waals surface area contributed by atoms with Gasteiger partial charge in [0.1, 0.15) is 6.10 Å². The van der Waals surface area contributed by atoms with Crippen LogP contribution in [0.25, 0.3) is 0 Å². The zero-order chi connectivity index (χ0) is 12.1. The Morgan fingerprint density at radius 3 is 2.81 bits per heavy atom. The van der Waals surface area contributed by atoms with Crippen LogP contribution in [0.15, 0.2) is 18.5 Å². The molecule has 0 saturated heterocycles. The van der Waals surface area contributed by atoms with Crippen LogP contribution in [0.4, 0.5) is 0 Å². The lowest BCUT2D eigenvalue weighted by atomic mass is 10.0. The number of aliphatic hydroxyl groups is 2. The fraction of sp³-hybridized carbons (Fsp3) is 0.364. The van der Waals surface area contributed by atoms with Crippen LogP contribution in [-0.4, -0.2) is 27.1 Å². The van der Waals surface area contributed by atoms with Gasteiger partial charge < -0.3 is 10.2 Å². The third kappa shape index (κ3) is 2.86. The van der Waals surface area contributed by atoms with Gasteiger partial charge >= 0.3 is 0 Å². The highest BCUT2D eigenvalue weighted by atomic mass is 16.3. The zero-order valence-electron chi connectivity index (χ0n) is 8.79. The second kappa shape index (κ2) is 5.35. The molecular weight excluding hydrogens is 208 g/mol. The minimum Gasteiger partial charge on any atom is -0.389 e. The molecular formula is C11H12N2O3. The van der Waals surface area contributed by atoms with E-state index in [1.807, 2.05) is 0 Å². The summed E-state index contributed by atoms with van der Waals surface area (Å²) < 4.78 is 0. The van der Waals surface area contributed by atoms with Crippen LogP contribution in [0.3, 0.4) is 0 Å². The zero-order valence-corrected chi connectivity index (χ0v) is 8.79. The van der Waals surface area contributed by atoms with Crippen molar-refractivity contribution in [3.8, 4) is 6.07 Å². The number of aromatic nitrogens is 1. The number of ketones is 1. The molecule has 0 aliphatic rings. The first-order valence-corrected chi connectivity index (χ1v) is 4.75. The Kier molecular flexibility index (Phi) is 4.11. The monoisotopic (exact) mass is 220 g/mol. The summed E-state index contributed by atoms with van der Waals surface area (Å²) in [5.41, 5.74) is 0.691. The Morgan fingerprint density at radius 1 is 1.56 bits per heavy atom. The van der Waals surface area contributed by atoms with E-state index in [0.29, 0.717) is 11.1 Å². The number of aliphatic hydroxyl groups excluding tert-OH is 2. The van der Waals surface area contributed by atoms with Crippen molar-refractivity contribution in [2.45, 2.75) is 25.6 Å². The Balaban J connectivity index is 2.92. The molecule has 16 heavy (non-hydrogen) atoms. The van der Waals surface area contributed by atoms with Crippen molar-refractivity contribution in [2.75, 3.05) is 0 Å². The molecule has 1 aromatic rings. The van der Waals surface area contributed by atoms with Crippen molar-refractivity contribution >= 4 is 5.78 Å². The number of carbonyl (C=O) groups is 1. The van der Waals surface area contributed by atoms with Crippen LogP contribution in [0.2, 0.25) is 0 Å². The summed E-state index contributed by atoms with van der Waals surface area (Å²) in [5.74, 6) is -0.170. The van der Waals surface area contributed by atoms with Gasteiger partial charge in [-0.3, -0.25) is 9.78 Å². The molecule has 0 amide bonds. The van der Waals surface area contributed by atoms with E-state index in [4.69, 9.17) is 5.26 Å². The number of hydrogen-bond donors (Lipinski definition) is 2. The minimum atomic E-state index is -1.20. The van der Waals surface area contributed by atoms with E-state index in [1.165, 1.54) is 25.4 Å². The Morgan fingerprint density at radius 2 is 2.25 bits per heavy atom. The molecule has 1 heterocycles. The maximum Gasteiger partial charge on any atom is 0.161 e. The number of Topliss-reactive ketones (excluding diaryl/α,β-unsaturated/α-hetero) is 1. The number of carbonyl (C=O) groups excluding carboxylic acids is 1. The lowest BCUT2D eigenvalue weighted by Crippen LogP contribution is -2.18. The predicted octanol–water partition coefficient (Wildman–Crippen LogP) is 0.592. The first kappa shape index (κ1) is 12.3. The molecule has 0 fully saturated rings. The average Bonchev–Trinajstić information content (AvgIpc) is 2.28. The molecule has 2 unspecified atom stereocenters. The molecule has 1 aromatic heterocycles. The number of nitriles is 1. The maximum atomic E-state index is 11.1. The highest BCUT2D eigenvalue weighted by Gasteiger charge is 2.19. The van der Waals surface area contributed by atoms with Gasteiger partial charge in [-0.1, -0.05) is 0 Å². The van der Waals surface area contributed by atoms with Crippen LogP contribution in [-0.2, 0) is 0 Å². The van der Waals surface area contributed by atoms with Crippen molar-refractivity contribution < 1.29 is 15.0 Å². The first-order chi connectivity index (χ1) is 7.56. The topological polar surface area (TPSA) is 94.2 Å². The Bertz CT molecular complexity index is 425. The summed E-state index contributed by atoms with van der Waals surface area (Å²) in [6, 6.07) is 3.22. The lowest BCUT2D eigenvalue weighted by molar-refractivity contribution is 0.0214. The molecule has 1 rings (SSSR count). The van der Waals surface area contributed by atoms with Crippen LogP contribution >= 0.6 is 0 Å². The quantitative estimate of drug-likeness (QED) is 0.724. The van der Waals surface area contributed by atoms with Crippen LogP contribution in [0.5, 0.6) is 0 Å². The van der Waals surface area contributed by atoms with Gasteiger partial charge in [0, 0.05) is 23.5 Å². The van der Waals surface area contributed by atoms with Gasteiger partial charge in [-0.2, -0.15) is 5.26 Å². The summed E-state index contributed by atoms with van der Waals surface area (Å²) in [6.07, 6.45) is 0.193. The second-order valence-corrected chi connectivity index (χ2v) is 3.44. The third-order valence-corrected chi connectivity index (χ3v) is 2.17. The highest BCUT2D eigenvalue weighted by Crippen LogP contribution is 2.18. The Hall–Kier alpha value is -1.77. The van der Waals surface area contributed by atoms with Gasteiger partial charge in [-0.15, -0.1) is 0 Å². The van der Waals surface area contributed by atoms with Gasteiger partial charge in [0.15, 0.2) is 5.78 Å². The van der Waals surface area contributed by atoms with Crippen molar-refractivity contribution in [3.63, 3.8) is 0 Å². The van der Waals surface area contributed by atoms with E-state index in [2.05, 4.69) is 4.98 Å². The van der Waals surface area contributed by atoms with E-state index in [-0.39, 0.29) is 12.2 Å². The molecule has 84 valence electrons. The smallest absolute Gasteiger partial charge is 0.161 e. The number of nitrogens with zero attached hydrogens (tertiary/aromatic N) is 2. The fourth-order valence-electron chi connectivity index (χ4n) is 1.24. The van der Waals surface area contributed by atoms with Gasteiger partial charge in [0.05, 0.1) is 18.6 Å². The molecule has 2 N–H and O–H groups in total. The minimum absolute atomic E-state index is 0.170. The van der Waals surface area contributed by atoms with E-state index in [0.717, 1.165) is 0 Å². The molecule has 0 saturated carbocycles. The van der Waals surface area contributed by atoms with Gasteiger partial charge in [0.25, 0.3) is 0 Å². The summed E-state index contributed by atoms with van der Waals surface area (Å²) in [7, 11) is 0. The number of hydrogen-bond acceptors (Lipinski definition) is 5. The van der Waals surface area contributed by atoms with E-state index < -0.39 is 12.2 Å². The van der Waals surface area contributed by atoms with Gasteiger partial charge in [-0.25, -0.2) is 0 Å². The summed E-state index contributed by atoms with van der Waals surface area (Å²) in [4.78, 5) is 14.9. The normalized spacial score (nSPS) is 13.9. The summed E-state index contributed by atoms with van der Waals surface area (Å²) >= 11 is 0. The van der Waals surface area contributed by atoms with Crippen molar-refractivity contribution in [1.82, 2.24) is 4.98 Å². The Labute approximate surface area is 93.0 Å². The molecule has 0 aliphatic heterocycles. The molecule has 5 nitrogen and oxygen atoms in total. The molecule has 2 atom stereocenters. The highest BCUT2D eigenvalue weighted by molar-refractivity contribution is 5.93. The first-order valence-electron chi connectivity index (χ1n) is 4.75.